The summed E-state index contributed by atoms with van der Waals surface area (Å²) >= 11 is 1.90. The van der Waals surface area contributed by atoms with E-state index in [0.29, 0.717) is 11.3 Å². The van der Waals surface area contributed by atoms with Crippen molar-refractivity contribution in [3.8, 4) is 0 Å². The van der Waals surface area contributed by atoms with Gasteiger partial charge in [0.15, 0.2) is 5.17 Å². The lowest BCUT2D eigenvalue weighted by atomic mass is 10.3. The number of aliphatic imine (C=N–C) groups is 1. The zero-order chi connectivity index (χ0) is 12.1. The Kier molecular flexibility index (Phi) is 5.13. The van der Waals surface area contributed by atoms with E-state index in [-0.39, 0.29) is 0 Å². The van der Waals surface area contributed by atoms with Gasteiger partial charge in [-0.3, -0.25) is 9.89 Å². The maximum Gasteiger partial charge on any atom is 0.157 e. The molecule has 4 nitrogen and oxygen atoms in total. The highest BCUT2D eigenvalue weighted by atomic mass is 32.2. The second-order valence-corrected chi connectivity index (χ2v) is 6.04. The Morgan fingerprint density at radius 2 is 2.29 bits per heavy atom. The predicted octanol–water partition coefficient (Wildman–Crippen LogP) is 1.18. The Bertz CT molecular complexity index is 266. The van der Waals surface area contributed by atoms with Gasteiger partial charge >= 0.3 is 0 Å². The molecule has 1 saturated heterocycles. The summed E-state index contributed by atoms with van der Waals surface area (Å²) in [6.45, 7) is 10.4. The summed E-state index contributed by atoms with van der Waals surface area (Å²) in [6, 6.07) is 0.468. The van der Waals surface area contributed by atoms with Crippen LogP contribution in [-0.4, -0.2) is 60.8 Å². The van der Waals surface area contributed by atoms with E-state index in [4.69, 9.17) is 4.74 Å². The van der Waals surface area contributed by atoms with Crippen LogP contribution in [0.2, 0.25) is 0 Å². The lowest BCUT2D eigenvalue weighted by Crippen LogP contribution is -2.45. The fourth-order valence-corrected chi connectivity index (χ4v) is 3.19. The van der Waals surface area contributed by atoms with E-state index in [9.17, 15) is 0 Å². The third kappa shape index (κ3) is 4.16. The highest BCUT2D eigenvalue weighted by Crippen LogP contribution is 2.22. The first kappa shape index (κ1) is 13.2. The first-order valence-electron chi connectivity index (χ1n) is 6.55. The highest BCUT2D eigenvalue weighted by molar-refractivity contribution is 8.14. The summed E-state index contributed by atoms with van der Waals surface area (Å²) < 4.78 is 5.35. The van der Waals surface area contributed by atoms with Crippen LogP contribution < -0.4 is 5.32 Å². The van der Waals surface area contributed by atoms with Gasteiger partial charge < -0.3 is 10.1 Å². The standard InChI is InChI=1S/C12H23N3OS/c1-3-11-8-13-12(17-11)14-10(2)9-15-4-6-16-7-5-15/h10-11H,3-9H2,1-2H3,(H,13,14). The van der Waals surface area contributed by atoms with Crippen LogP contribution in [0.15, 0.2) is 4.99 Å². The number of ether oxygens (including phenoxy) is 1. The summed E-state index contributed by atoms with van der Waals surface area (Å²) in [4.78, 5) is 7.00. The molecule has 1 N–H and O–H groups in total. The molecule has 17 heavy (non-hydrogen) atoms. The van der Waals surface area contributed by atoms with Gasteiger partial charge in [0.05, 0.1) is 19.8 Å². The molecule has 0 aromatic heterocycles. The molecule has 0 radical (unpaired) electrons. The van der Waals surface area contributed by atoms with Crippen LogP contribution in [0.5, 0.6) is 0 Å². The number of thioether (sulfide) groups is 1. The van der Waals surface area contributed by atoms with E-state index < -0.39 is 0 Å². The largest absolute Gasteiger partial charge is 0.379 e. The summed E-state index contributed by atoms with van der Waals surface area (Å²) in [5, 5.41) is 5.35. The number of nitrogens with one attached hydrogen (secondary N) is 1. The van der Waals surface area contributed by atoms with Gasteiger partial charge in [-0.15, -0.1) is 0 Å². The zero-order valence-corrected chi connectivity index (χ0v) is 11.6. The van der Waals surface area contributed by atoms with Crippen molar-refractivity contribution in [3.05, 3.63) is 0 Å². The molecule has 0 bridgehead atoms. The van der Waals surface area contributed by atoms with Crippen LogP contribution in [0.25, 0.3) is 0 Å². The van der Waals surface area contributed by atoms with E-state index in [1.54, 1.807) is 0 Å². The van der Waals surface area contributed by atoms with Crippen LogP contribution in [0.4, 0.5) is 0 Å². The molecule has 0 saturated carbocycles. The Balaban J connectivity index is 1.68. The molecule has 0 aliphatic carbocycles. The molecule has 2 unspecified atom stereocenters. The molecule has 0 amide bonds. The summed E-state index contributed by atoms with van der Waals surface area (Å²) in [5.41, 5.74) is 0. The van der Waals surface area contributed by atoms with E-state index in [1.165, 1.54) is 6.42 Å². The van der Waals surface area contributed by atoms with Crippen molar-refractivity contribution < 1.29 is 4.74 Å². The van der Waals surface area contributed by atoms with Crippen LogP contribution >= 0.6 is 11.8 Å². The molecule has 98 valence electrons. The van der Waals surface area contributed by atoms with E-state index >= 15 is 0 Å². The highest BCUT2D eigenvalue weighted by Gasteiger charge is 2.20. The minimum absolute atomic E-state index is 0.468. The average molecular weight is 257 g/mol. The molecule has 0 aromatic carbocycles. The summed E-state index contributed by atoms with van der Waals surface area (Å²) in [7, 11) is 0. The lowest BCUT2D eigenvalue weighted by Gasteiger charge is -2.29. The third-order valence-electron chi connectivity index (χ3n) is 3.18. The minimum Gasteiger partial charge on any atom is -0.379 e. The summed E-state index contributed by atoms with van der Waals surface area (Å²) in [6.07, 6.45) is 1.21. The molecular formula is C12H23N3OS. The molecule has 0 spiro atoms. The van der Waals surface area contributed by atoms with Crippen LogP contribution in [0, 0.1) is 0 Å². The van der Waals surface area contributed by atoms with Crippen molar-refractivity contribution in [2.45, 2.75) is 31.6 Å². The number of hydrogen-bond acceptors (Lipinski definition) is 5. The number of rotatable bonds is 4. The van der Waals surface area contributed by atoms with Gasteiger partial charge in [-0.1, -0.05) is 18.7 Å². The van der Waals surface area contributed by atoms with Gasteiger partial charge in [0, 0.05) is 30.9 Å². The normalized spacial score (nSPS) is 27.9. The average Bonchev–Trinajstić information content (AvgIpc) is 2.78. The Morgan fingerprint density at radius 3 is 2.94 bits per heavy atom. The molecule has 1 fully saturated rings. The third-order valence-corrected chi connectivity index (χ3v) is 4.46. The van der Waals surface area contributed by atoms with Gasteiger partial charge in [0.25, 0.3) is 0 Å². The van der Waals surface area contributed by atoms with Crippen molar-refractivity contribution in [2.75, 3.05) is 39.4 Å². The SMILES string of the molecule is CCC1CN=C(NC(C)CN2CCOCC2)S1. The number of morpholine rings is 1. The molecule has 2 rings (SSSR count). The van der Waals surface area contributed by atoms with Crippen molar-refractivity contribution in [1.29, 1.82) is 0 Å². The Hall–Kier alpha value is -0.260. The molecule has 0 aromatic rings. The Labute approximate surface area is 108 Å². The van der Waals surface area contributed by atoms with Gasteiger partial charge in [-0.2, -0.15) is 0 Å². The molecular weight excluding hydrogens is 234 g/mol. The molecule has 2 aliphatic rings. The molecule has 2 heterocycles. The van der Waals surface area contributed by atoms with E-state index in [2.05, 4.69) is 29.1 Å². The number of hydrogen-bond donors (Lipinski definition) is 1. The van der Waals surface area contributed by atoms with Gasteiger partial charge in [-0.05, 0) is 13.3 Å². The number of amidine groups is 1. The first-order chi connectivity index (χ1) is 8.28. The monoisotopic (exact) mass is 257 g/mol. The topological polar surface area (TPSA) is 36.9 Å². The van der Waals surface area contributed by atoms with Crippen LogP contribution in [0.1, 0.15) is 20.3 Å². The van der Waals surface area contributed by atoms with Crippen molar-refractivity contribution in [1.82, 2.24) is 10.2 Å². The first-order valence-corrected chi connectivity index (χ1v) is 7.43. The molecule has 2 atom stereocenters. The van der Waals surface area contributed by atoms with Crippen LogP contribution in [-0.2, 0) is 4.74 Å². The Morgan fingerprint density at radius 1 is 1.53 bits per heavy atom. The molecule has 5 heteroatoms. The van der Waals surface area contributed by atoms with E-state index in [1.807, 2.05) is 11.8 Å². The lowest BCUT2D eigenvalue weighted by molar-refractivity contribution is 0.0353. The summed E-state index contributed by atoms with van der Waals surface area (Å²) in [5.74, 6) is 0. The van der Waals surface area contributed by atoms with Gasteiger partial charge in [0.2, 0.25) is 0 Å². The van der Waals surface area contributed by atoms with Crippen molar-refractivity contribution >= 4 is 16.9 Å². The quantitative estimate of drug-likeness (QED) is 0.820. The number of nitrogens with zero attached hydrogens (tertiary/aromatic N) is 2. The second kappa shape index (κ2) is 6.61. The second-order valence-electron chi connectivity index (χ2n) is 4.75. The van der Waals surface area contributed by atoms with E-state index in [0.717, 1.165) is 44.6 Å². The van der Waals surface area contributed by atoms with Crippen LogP contribution in [0.3, 0.4) is 0 Å². The maximum atomic E-state index is 5.35. The fourth-order valence-electron chi connectivity index (χ4n) is 2.14. The maximum absolute atomic E-state index is 5.35. The van der Waals surface area contributed by atoms with Crippen molar-refractivity contribution in [2.24, 2.45) is 4.99 Å². The van der Waals surface area contributed by atoms with Crippen molar-refractivity contribution in [3.63, 3.8) is 0 Å². The zero-order valence-electron chi connectivity index (χ0n) is 10.8. The van der Waals surface area contributed by atoms with Gasteiger partial charge in [-0.25, -0.2) is 0 Å². The molecule has 2 aliphatic heterocycles. The predicted molar refractivity (Wildman–Crippen MR) is 73.8 cm³/mol. The fraction of sp³-hybridized carbons (Fsp3) is 0.917. The minimum atomic E-state index is 0.468. The van der Waals surface area contributed by atoms with Gasteiger partial charge in [0.1, 0.15) is 0 Å². The smallest absolute Gasteiger partial charge is 0.157 e.